The highest BCUT2D eigenvalue weighted by atomic mass is 16.6. The fourth-order valence-electron chi connectivity index (χ4n) is 7.05. The van der Waals surface area contributed by atoms with Gasteiger partial charge in [-0.15, -0.1) is 0 Å². The van der Waals surface area contributed by atoms with Gasteiger partial charge in [-0.25, -0.2) is 0 Å². The molecule has 0 bridgehead atoms. The van der Waals surface area contributed by atoms with Crippen LogP contribution in [0.15, 0.2) is 42.5 Å². The molecule has 4 aliphatic rings. The summed E-state index contributed by atoms with van der Waals surface area (Å²) in [4.78, 5) is 15.2. The summed E-state index contributed by atoms with van der Waals surface area (Å²) in [6, 6.07) is 10.3. The lowest BCUT2D eigenvalue weighted by atomic mass is 9.55. The molecule has 1 N–H and O–H groups in total. The number of nitrogens with zero attached hydrogens (tertiary/aromatic N) is 1. The van der Waals surface area contributed by atoms with Crippen LogP contribution < -0.4 is 0 Å². The zero-order valence-corrected chi connectivity index (χ0v) is 18.9. The summed E-state index contributed by atoms with van der Waals surface area (Å²) in [5, 5.41) is 11.1. The van der Waals surface area contributed by atoms with E-state index in [0.717, 1.165) is 51.7 Å². The van der Waals surface area contributed by atoms with Gasteiger partial charge in [0.2, 0.25) is 0 Å². The number of allylic oxidation sites excluding steroid dienone is 1. The van der Waals surface area contributed by atoms with Crippen LogP contribution in [0.2, 0.25) is 0 Å². The van der Waals surface area contributed by atoms with Crippen LogP contribution in [0.4, 0.5) is 0 Å². The second kappa shape index (κ2) is 8.04. The van der Waals surface area contributed by atoms with Gasteiger partial charge in [-0.1, -0.05) is 49.4 Å². The van der Waals surface area contributed by atoms with E-state index in [2.05, 4.69) is 30.5 Å². The molecule has 31 heavy (non-hydrogen) atoms. The van der Waals surface area contributed by atoms with Crippen molar-refractivity contribution in [2.45, 2.75) is 70.0 Å². The first-order chi connectivity index (χ1) is 14.9. The number of likely N-dealkylation sites (tertiary alicyclic amines) is 1. The molecule has 0 unspecified atom stereocenters. The Morgan fingerprint density at radius 1 is 1.19 bits per heavy atom. The van der Waals surface area contributed by atoms with Crippen LogP contribution in [0.1, 0.15) is 57.4 Å². The zero-order chi connectivity index (χ0) is 21.6. The molecule has 1 aromatic carbocycles. The topological polar surface area (TPSA) is 49.8 Å². The normalized spacial score (nSPS) is 37.7. The number of hydrogen-bond donors (Lipinski definition) is 1. The summed E-state index contributed by atoms with van der Waals surface area (Å²) in [6.45, 7) is 9.26. The Morgan fingerprint density at radius 2 is 1.94 bits per heavy atom. The molecule has 5 atom stereocenters. The average Bonchev–Trinajstić information content (AvgIpc) is 3.02. The van der Waals surface area contributed by atoms with Crippen molar-refractivity contribution < 1.29 is 14.6 Å². The number of hydrogen-bond acceptors (Lipinski definition) is 4. The van der Waals surface area contributed by atoms with Gasteiger partial charge in [0.05, 0.1) is 11.5 Å². The van der Waals surface area contributed by atoms with E-state index in [1.54, 1.807) is 0 Å². The second-order valence-corrected chi connectivity index (χ2v) is 11.1. The summed E-state index contributed by atoms with van der Waals surface area (Å²) < 4.78 is 5.94. The number of piperidine rings is 1. The van der Waals surface area contributed by atoms with Crippen molar-refractivity contribution in [2.75, 3.05) is 19.6 Å². The first-order valence-electron chi connectivity index (χ1n) is 12.2. The van der Waals surface area contributed by atoms with Crippen molar-refractivity contribution in [2.24, 2.45) is 23.2 Å². The molecular weight excluding hydrogens is 386 g/mol. The fourth-order valence-corrected chi connectivity index (χ4v) is 7.05. The lowest BCUT2D eigenvalue weighted by Crippen LogP contribution is -2.49. The molecule has 4 heteroatoms. The highest BCUT2D eigenvalue weighted by molar-refractivity contribution is 5.75. The lowest BCUT2D eigenvalue weighted by molar-refractivity contribution is -0.146. The summed E-state index contributed by atoms with van der Waals surface area (Å²) in [5.74, 6) is 0.847. The van der Waals surface area contributed by atoms with Gasteiger partial charge in [0.15, 0.2) is 0 Å². The third-order valence-electron chi connectivity index (χ3n) is 8.94. The Labute approximate surface area is 186 Å². The third kappa shape index (κ3) is 4.09. The van der Waals surface area contributed by atoms with Gasteiger partial charge < -0.3 is 14.7 Å². The molecule has 4 fully saturated rings. The minimum atomic E-state index is -0.636. The maximum Gasteiger partial charge on any atom is 0.310 e. The van der Waals surface area contributed by atoms with Crippen molar-refractivity contribution in [1.29, 1.82) is 0 Å². The summed E-state index contributed by atoms with van der Waals surface area (Å²) in [7, 11) is 0. The van der Waals surface area contributed by atoms with E-state index in [0.29, 0.717) is 18.3 Å². The van der Waals surface area contributed by atoms with Crippen LogP contribution in [0.25, 0.3) is 0 Å². The molecule has 2 saturated heterocycles. The maximum atomic E-state index is 12.9. The summed E-state index contributed by atoms with van der Waals surface area (Å²) in [6.07, 6.45) is 7.97. The van der Waals surface area contributed by atoms with E-state index in [4.69, 9.17) is 4.74 Å². The number of aliphatic hydroxyl groups is 1. The quantitative estimate of drug-likeness (QED) is 0.577. The van der Waals surface area contributed by atoms with Crippen molar-refractivity contribution >= 4 is 5.97 Å². The van der Waals surface area contributed by atoms with Crippen LogP contribution >= 0.6 is 0 Å². The van der Waals surface area contributed by atoms with Crippen molar-refractivity contribution in [3.8, 4) is 0 Å². The molecule has 168 valence electrons. The molecular formula is C27H37NO3. The molecule has 0 radical (unpaired) electrons. The SMILES string of the molecule is C=C1CCC[C@]2(C)C[C@H]3OC(=O)[C@@H](CN4CCC(O)(Cc5ccccc5)CC4)[C@@H]3C[C@@H]12. The van der Waals surface area contributed by atoms with Gasteiger partial charge in [-0.3, -0.25) is 4.79 Å². The second-order valence-electron chi connectivity index (χ2n) is 11.1. The Bertz CT molecular complexity index is 828. The number of fused-ring (bicyclic) bond motifs is 2. The Balaban J connectivity index is 1.21. The van der Waals surface area contributed by atoms with Crippen molar-refractivity contribution in [3.05, 3.63) is 48.0 Å². The largest absolute Gasteiger partial charge is 0.462 e. The molecule has 0 aromatic heterocycles. The van der Waals surface area contributed by atoms with Crippen molar-refractivity contribution in [1.82, 2.24) is 4.90 Å². The Morgan fingerprint density at radius 3 is 2.68 bits per heavy atom. The standard InChI is InChI=1S/C27H37NO3/c1-19-7-6-10-26(2)17-24-21(15-23(19)26)22(25(29)31-24)18-28-13-11-27(30,12-14-28)16-20-8-4-3-5-9-20/h3-5,8-9,21-24,30H,1,6-7,10-18H2,2H3/t21-,22-,23-,24+,26+/m0/s1. The van der Waals surface area contributed by atoms with Gasteiger partial charge in [0, 0.05) is 32.0 Å². The number of rotatable bonds is 4. The first kappa shape index (κ1) is 21.2. The first-order valence-corrected chi connectivity index (χ1v) is 12.2. The minimum absolute atomic E-state index is 0.00739. The molecule has 2 heterocycles. The van der Waals surface area contributed by atoms with E-state index < -0.39 is 5.60 Å². The monoisotopic (exact) mass is 423 g/mol. The lowest BCUT2D eigenvalue weighted by Gasteiger charge is -2.50. The number of esters is 1. The highest BCUT2D eigenvalue weighted by Crippen LogP contribution is 2.57. The van der Waals surface area contributed by atoms with Gasteiger partial charge in [0.25, 0.3) is 0 Å². The molecule has 2 aliphatic heterocycles. The van der Waals surface area contributed by atoms with Gasteiger partial charge in [-0.2, -0.15) is 0 Å². The number of ether oxygens (including phenoxy) is 1. The van der Waals surface area contributed by atoms with E-state index >= 15 is 0 Å². The van der Waals surface area contributed by atoms with Crippen LogP contribution in [-0.4, -0.2) is 47.3 Å². The van der Waals surface area contributed by atoms with E-state index in [9.17, 15) is 9.90 Å². The molecule has 4 nitrogen and oxygen atoms in total. The zero-order valence-electron chi connectivity index (χ0n) is 18.9. The van der Waals surface area contributed by atoms with Gasteiger partial charge in [0.1, 0.15) is 6.10 Å². The molecule has 0 amide bonds. The minimum Gasteiger partial charge on any atom is -0.462 e. The maximum absolute atomic E-state index is 12.9. The van der Waals surface area contributed by atoms with Crippen LogP contribution in [0.5, 0.6) is 0 Å². The highest BCUT2D eigenvalue weighted by Gasteiger charge is 2.55. The van der Waals surface area contributed by atoms with E-state index in [1.165, 1.54) is 24.0 Å². The molecule has 0 spiro atoms. The number of benzene rings is 1. The molecule has 2 saturated carbocycles. The Kier molecular flexibility index (Phi) is 5.50. The molecule has 5 rings (SSSR count). The predicted molar refractivity (Wildman–Crippen MR) is 121 cm³/mol. The summed E-state index contributed by atoms with van der Waals surface area (Å²) >= 11 is 0. The summed E-state index contributed by atoms with van der Waals surface area (Å²) in [5.41, 5.74) is 2.21. The number of carbonyl (C=O) groups is 1. The third-order valence-corrected chi connectivity index (χ3v) is 8.94. The average molecular weight is 424 g/mol. The van der Waals surface area contributed by atoms with Crippen LogP contribution in [-0.2, 0) is 16.0 Å². The smallest absolute Gasteiger partial charge is 0.310 e. The molecule has 1 aromatic rings. The predicted octanol–water partition coefficient (Wildman–Crippen LogP) is 4.37. The van der Waals surface area contributed by atoms with Gasteiger partial charge >= 0.3 is 5.97 Å². The Hall–Kier alpha value is -1.65. The number of carbonyl (C=O) groups excluding carboxylic acids is 1. The van der Waals surface area contributed by atoms with Gasteiger partial charge in [-0.05, 0) is 61.8 Å². The van der Waals surface area contributed by atoms with E-state index in [-0.39, 0.29) is 23.4 Å². The van der Waals surface area contributed by atoms with Crippen LogP contribution in [0, 0.1) is 23.2 Å². The van der Waals surface area contributed by atoms with Crippen molar-refractivity contribution in [3.63, 3.8) is 0 Å². The van der Waals surface area contributed by atoms with E-state index in [1.807, 2.05) is 18.2 Å². The fraction of sp³-hybridized carbons (Fsp3) is 0.667. The molecule has 2 aliphatic carbocycles. The van der Waals surface area contributed by atoms with Crippen LogP contribution in [0.3, 0.4) is 0 Å².